The Balaban J connectivity index is 1.48. The molecule has 0 aromatic heterocycles. The summed E-state index contributed by atoms with van der Waals surface area (Å²) in [4.78, 5) is 12.7. The monoisotopic (exact) mass is 312 g/mol. The zero-order chi connectivity index (χ0) is 16.1. The maximum atomic E-state index is 10.6. The third-order valence-corrected chi connectivity index (χ3v) is 4.13. The number of likely N-dealkylation sites (tertiary alicyclic amines) is 1. The lowest BCUT2D eigenvalue weighted by Crippen LogP contribution is -2.37. The van der Waals surface area contributed by atoms with E-state index in [1.807, 2.05) is 6.07 Å². The van der Waals surface area contributed by atoms with E-state index in [1.165, 1.54) is 17.7 Å². The van der Waals surface area contributed by atoms with Crippen LogP contribution in [0.2, 0.25) is 0 Å². The molecule has 0 radical (unpaired) electrons. The first-order valence-corrected chi connectivity index (χ1v) is 7.88. The van der Waals surface area contributed by atoms with Gasteiger partial charge < -0.3 is 4.74 Å². The highest BCUT2D eigenvalue weighted by Gasteiger charge is 2.20. The summed E-state index contributed by atoms with van der Waals surface area (Å²) in [6, 6.07) is 16.8. The van der Waals surface area contributed by atoms with Gasteiger partial charge in [0.2, 0.25) is 0 Å². The Labute approximate surface area is 135 Å². The molecular formula is C18H20N2O3. The topological polar surface area (TPSA) is 55.6 Å². The van der Waals surface area contributed by atoms with Crippen LogP contribution in [-0.4, -0.2) is 29.0 Å². The number of ether oxygens (including phenoxy) is 1. The van der Waals surface area contributed by atoms with E-state index in [-0.39, 0.29) is 11.8 Å². The molecule has 2 aromatic rings. The highest BCUT2D eigenvalue weighted by atomic mass is 16.6. The van der Waals surface area contributed by atoms with Gasteiger partial charge in [-0.25, -0.2) is 0 Å². The first-order valence-electron chi connectivity index (χ1n) is 7.88. The minimum atomic E-state index is -0.397. The molecule has 1 aliphatic heterocycles. The normalized spacial score (nSPS) is 16.2. The molecule has 0 aliphatic carbocycles. The maximum absolute atomic E-state index is 10.6. The molecule has 0 bridgehead atoms. The maximum Gasteiger partial charge on any atom is 0.269 e. The first kappa shape index (κ1) is 15.5. The lowest BCUT2D eigenvalue weighted by Gasteiger charge is -2.32. The lowest BCUT2D eigenvalue weighted by atomic mass is 10.1. The smallest absolute Gasteiger partial charge is 0.269 e. The van der Waals surface area contributed by atoms with Crippen LogP contribution in [0.3, 0.4) is 0 Å². The minimum Gasteiger partial charge on any atom is -0.490 e. The molecule has 23 heavy (non-hydrogen) atoms. The highest BCUT2D eigenvalue weighted by Crippen LogP contribution is 2.22. The van der Waals surface area contributed by atoms with E-state index >= 15 is 0 Å². The summed E-state index contributed by atoms with van der Waals surface area (Å²) < 4.78 is 5.94. The molecule has 0 saturated carbocycles. The Bertz CT molecular complexity index is 635. The summed E-state index contributed by atoms with van der Waals surface area (Å²) in [6.07, 6.45) is 2.14. The molecule has 0 atom stereocenters. The van der Waals surface area contributed by atoms with Crippen LogP contribution >= 0.6 is 0 Å². The van der Waals surface area contributed by atoms with Crippen molar-refractivity contribution in [2.75, 3.05) is 13.1 Å². The van der Waals surface area contributed by atoms with Crippen molar-refractivity contribution < 1.29 is 9.66 Å². The Kier molecular flexibility index (Phi) is 4.88. The second-order valence-electron chi connectivity index (χ2n) is 5.83. The fourth-order valence-electron chi connectivity index (χ4n) is 2.87. The average molecular weight is 312 g/mol. The number of hydrogen-bond donors (Lipinski definition) is 0. The number of nitro benzene ring substituents is 1. The van der Waals surface area contributed by atoms with Gasteiger partial charge in [0.15, 0.2) is 0 Å². The van der Waals surface area contributed by atoms with Gasteiger partial charge in [-0.2, -0.15) is 0 Å². The van der Waals surface area contributed by atoms with Gasteiger partial charge in [0, 0.05) is 31.8 Å². The molecule has 120 valence electrons. The van der Waals surface area contributed by atoms with E-state index in [9.17, 15) is 10.1 Å². The number of piperidine rings is 1. The van der Waals surface area contributed by atoms with E-state index in [2.05, 4.69) is 29.2 Å². The second-order valence-corrected chi connectivity index (χ2v) is 5.83. The molecular weight excluding hydrogens is 292 g/mol. The number of hydrogen-bond acceptors (Lipinski definition) is 4. The summed E-state index contributed by atoms with van der Waals surface area (Å²) in [6.45, 7) is 2.99. The van der Waals surface area contributed by atoms with E-state index in [1.54, 1.807) is 12.1 Å². The zero-order valence-electron chi connectivity index (χ0n) is 12.9. The Morgan fingerprint density at radius 1 is 1.04 bits per heavy atom. The number of rotatable bonds is 5. The van der Waals surface area contributed by atoms with Crippen LogP contribution in [0.15, 0.2) is 54.6 Å². The molecule has 0 unspecified atom stereocenters. The summed E-state index contributed by atoms with van der Waals surface area (Å²) in [5, 5.41) is 10.6. The fourth-order valence-corrected chi connectivity index (χ4v) is 2.87. The summed E-state index contributed by atoms with van der Waals surface area (Å²) in [7, 11) is 0. The van der Waals surface area contributed by atoms with Crippen molar-refractivity contribution in [3.63, 3.8) is 0 Å². The van der Waals surface area contributed by atoms with Crippen LogP contribution in [0.4, 0.5) is 5.69 Å². The van der Waals surface area contributed by atoms with Gasteiger partial charge in [-0.3, -0.25) is 15.0 Å². The predicted octanol–water partition coefficient (Wildman–Crippen LogP) is 3.64. The fraction of sp³-hybridized carbons (Fsp3) is 0.333. The molecule has 3 rings (SSSR count). The minimum absolute atomic E-state index is 0.0926. The van der Waals surface area contributed by atoms with Gasteiger partial charge >= 0.3 is 0 Å². The molecule has 1 fully saturated rings. The standard InChI is InChI=1S/C18H20N2O3/c21-20(22)16-6-8-17(9-7-16)23-18-10-12-19(13-11-18)14-15-4-2-1-3-5-15/h1-9,18H,10-14H2. The van der Waals surface area contributed by atoms with Crippen LogP contribution in [0.5, 0.6) is 5.75 Å². The van der Waals surface area contributed by atoms with Crippen molar-refractivity contribution in [1.29, 1.82) is 0 Å². The third kappa shape index (κ3) is 4.29. The first-order chi connectivity index (χ1) is 11.2. The molecule has 0 spiro atoms. The summed E-state index contributed by atoms with van der Waals surface area (Å²) >= 11 is 0. The molecule has 1 saturated heterocycles. The van der Waals surface area contributed by atoms with Crippen molar-refractivity contribution in [3.05, 3.63) is 70.3 Å². The molecule has 5 heteroatoms. The number of nitro groups is 1. The Hall–Kier alpha value is -2.40. The number of benzene rings is 2. The van der Waals surface area contributed by atoms with Gasteiger partial charge in [-0.05, 0) is 30.5 Å². The van der Waals surface area contributed by atoms with Gasteiger partial charge in [0.1, 0.15) is 11.9 Å². The Morgan fingerprint density at radius 3 is 2.30 bits per heavy atom. The van der Waals surface area contributed by atoms with Gasteiger partial charge in [0.05, 0.1) is 4.92 Å². The van der Waals surface area contributed by atoms with Crippen LogP contribution in [-0.2, 0) is 6.54 Å². The third-order valence-electron chi connectivity index (χ3n) is 4.13. The van der Waals surface area contributed by atoms with Crippen molar-refractivity contribution in [2.24, 2.45) is 0 Å². The van der Waals surface area contributed by atoms with Gasteiger partial charge in [-0.1, -0.05) is 30.3 Å². The van der Waals surface area contributed by atoms with Crippen LogP contribution in [0.25, 0.3) is 0 Å². The lowest BCUT2D eigenvalue weighted by molar-refractivity contribution is -0.384. The van der Waals surface area contributed by atoms with Crippen molar-refractivity contribution in [3.8, 4) is 5.75 Å². The Morgan fingerprint density at radius 2 is 1.70 bits per heavy atom. The summed E-state index contributed by atoms with van der Waals surface area (Å²) in [5.41, 5.74) is 1.43. The van der Waals surface area contributed by atoms with Crippen molar-refractivity contribution in [2.45, 2.75) is 25.5 Å². The largest absolute Gasteiger partial charge is 0.490 e. The molecule has 1 aliphatic rings. The van der Waals surface area contributed by atoms with E-state index in [0.717, 1.165) is 32.5 Å². The molecule has 0 amide bonds. The quantitative estimate of drug-likeness (QED) is 0.625. The second kappa shape index (κ2) is 7.24. The molecule has 5 nitrogen and oxygen atoms in total. The van der Waals surface area contributed by atoms with E-state index in [0.29, 0.717) is 5.75 Å². The van der Waals surface area contributed by atoms with Gasteiger partial charge in [-0.15, -0.1) is 0 Å². The van der Waals surface area contributed by atoms with Crippen LogP contribution in [0, 0.1) is 10.1 Å². The molecule has 0 N–H and O–H groups in total. The van der Waals surface area contributed by atoms with Gasteiger partial charge in [0.25, 0.3) is 5.69 Å². The van der Waals surface area contributed by atoms with E-state index in [4.69, 9.17) is 4.74 Å². The molecule has 2 aromatic carbocycles. The average Bonchev–Trinajstić information content (AvgIpc) is 2.58. The summed E-state index contributed by atoms with van der Waals surface area (Å²) in [5.74, 6) is 0.706. The number of non-ortho nitro benzene ring substituents is 1. The van der Waals surface area contributed by atoms with E-state index < -0.39 is 4.92 Å². The van der Waals surface area contributed by atoms with Crippen LogP contribution < -0.4 is 4.74 Å². The van der Waals surface area contributed by atoms with Crippen molar-refractivity contribution in [1.82, 2.24) is 4.90 Å². The van der Waals surface area contributed by atoms with Crippen molar-refractivity contribution >= 4 is 5.69 Å². The SMILES string of the molecule is O=[N+]([O-])c1ccc(OC2CCN(Cc3ccccc3)CC2)cc1. The molecule has 1 heterocycles. The van der Waals surface area contributed by atoms with Crippen LogP contribution in [0.1, 0.15) is 18.4 Å². The highest BCUT2D eigenvalue weighted by molar-refractivity contribution is 5.36. The zero-order valence-corrected chi connectivity index (χ0v) is 12.9. The number of nitrogens with zero attached hydrogens (tertiary/aromatic N) is 2. The predicted molar refractivity (Wildman–Crippen MR) is 88.5 cm³/mol.